The average Bonchev–Trinajstić information content (AvgIpc) is 2.10. The van der Waals surface area contributed by atoms with Crippen LogP contribution in [0.2, 0.25) is 0 Å². The second-order valence-corrected chi connectivity index (χ2v) is 2.47. The topological polar surface area (TPSA) is 17.1 Å². The maximum Gasteiger partial charge on any atom is 0.137 e. The highest BCUT2D eigenvalue weighted by Crippen LogP contribution is 1.89. The Hall–Kier alpha value is -1.07. The van der Waals surface area contributed by atoms with Gasteiger partial charge >= 0.3 is 0 Å². The van der Waals surface area contributed by atoms with Gasteiger partial charge in [0, 0.05) is 12.8 Å². The van der Waals surface area contributed by atoms with Crippen LogP contribution in [0, 0.1) is 0 Å². The quantitative estimate of drug-likeness (QED) is 0.451. The van der Waals surface area contributed by atoms with E-state index in [1.54, 1.807) is 6.08 Å². The third-order valence-electron chi connectivity index (χ3n) is 1.41. The molecule has 0 spiro atoms. The van der Waals surface area contributed by atoms with Gasteiger partial charge in [-0.1, -0.05) is 26.0 Å². The summed E-state index contributed by atoms with van der Waals surface area (Å²) in [6, 6.07) is 0. The van der Waals surface area contributed by atoms with Crippen LogP contribution >= 0.6 is 0 Å². The SMILES string of the molecule is CC/C=C/C=C=CCC(=O)CC. The number of rotatable bonds is 5. The number of ketones is 1. The van der Waals surface area contributed by atoms with Crippen molar-refractivity contribution in [2.75, 3.05) is 0 Å². The molecule has 0 fully saturated rings. The fourth-order valence-electron chi connectivity index (χ4n) is 0.645. The van der Waals surface area contributed by atoms with Gasteiger partial charge in [0.15, 0.2) is 0 Å². The van der Waals surface area contributed by atoms with E-state index >= 15 is 0 Å². The maximum atomic E-state index is 10.8. The average molecular weight is 164 g/mol. The summed E-state index contributed by atoms with van der Waals surface area (Å²) in [7, 11) is 0. The van der Waals surface area contributed by atoms with E-state index < -0.39 is 0 Å². The van der Waals surface area contributed by atoms with Gasteiger partial charge in [-0.05, 0) is 18.6 Å². The highest BCUT2D eigenvalue weighted by molar-refractivity contribution is 5.79. The van der Waals surface area contributed by atoms with E-state index in [0.29, 0.717) is 12.8 Å². The van der Waals surface area contributed by atoms with Crippen LogP contribution in [0.4, 0.5) is 0 Å². The molecule has 0 bridgehead atoms. The zero-order valence-corrected chi connectivity index (χ0v) is 7.84. The summed E-state index contributed by atoms with van der Waals surface area (Å²) in [6.45, 7) is 3.95. The number of allylic oxidation sites excluding steroid dienone is 3. The normalized spacial score (nSPS) is 9.50. The minimum Gasteiger partial charge on any atom is -0.299 e. The monoisotopic (exact) mass is 164 g/mol. The minimum absolute atomic E-state index is 0.260. The Morgan fingerprint density at radius 3 is 2.75 bits per heavy atom. The molecule has 0 aromatic heterocycles. The first-order valence-electron chi connectivity index (χ1n) is 4.39. The Morgan fingerprint density at radius 1 is 1.42 bits per heavy atom. The zero-order chi connectivity index (χ0) is 9.23. The van der Waals surface area contributed by atoms with Gasteiger partial charge in [-0.3, -0.25) is 4.79 Å². The van der Waals surface area contributed by atoms with Crippen molar-refractivity contribution in [2.45, 2.75) is 33.1 Å². The molecule has 0 saturated heterocycles. The Bertz CT molecular complexity index is 205. The fourth-order valence-corrected chi connectivity index (χ4v) is 0.645. The highest BCUT2D eigenvalue weighted by atomic mass is 16.1. The molecule has 0 aliphatic rings. The zero-order valence-electron chi connectivity index (χ0n) is 7.84. The molecule has 0 amide bonds. The summed E-state index contributed by atoms with van der Waals surface area (Å²) in [5.41, 5.74) is 2.93. The molecular formula is C11H16O. The van der Waals surface area contributed by atoms with E-state index in [2.05, 4.69) is 12.7 Å². The lowest BCUT2D eigenvalue weighted by Crippen LogP contribution is -1.89. The van der Waals surface area contributed by atoms with Crippen LogP contribution in [0.3, 0.4) is 0 Å². The number of hydrogen-bond acceptors (Lipinski definition) is 1. The van der Waals surface area contributed by atoms with Crippen molar-refractivity contribution in [1.29, 1.82) is 0 Å². The number of Topliss-reactive ketones (excluding diaryl/α,β-unsaturated/α-hetero) is 1. The van der Waals surface area contributed by atoms with E-state index in [0.717, 1.165) is 6.42 Å². The van der Waals surface area contributed by atoms with E-state index in [-0.39, 0.29) is 5.78 Å². The van der Waals surface area contributed by atoms with Crippen molar-refractivity contribution in [2.24, 2.45) is 0 Å². The summed E-state index contributed by atoms with van der Waals surface area (Å²) in [5.74, 6) is 0.260. The maximum absolute atomic E-state index is 10.8. The molecule has 12 heavy (non-hydrogen) atoms. The van der Waals surface area contributed by atoms with Crippen LogP contribution in [0.15, 0.2) is 30.0 Å². The summed E-state index contributed by atoms with van der Waals surface area (Å²) in [5, 5.41) is 0. The van der Waals surface area contributed by atoms with Crippen LogP contribution in [-0.4, -0.2) is 5.78 Å². The Kier molecular flexibility index (Phi) is 7.31. The lowest BCUT2D eigenvalue weighted by Gasteiger charge is -1.84. The van der Waals surface area contributed by atoms with Crippen molar-refractivity contribution in [3.63, 3.8) is 0 Å². The van der Waals surface area contributed by atoms with Gasteiger partial charge in [0.05, 0.1) is 0 Å². The predicted octanol–water partition coefficient (Wildman–Crippen LogP) is 3.03. The van der Waals surface area contributed by atoms with Crippen LogP contribution in [-0.2, 0) is 4.79 Å². The lowest BCUT2D eigenvalue weighted by atomic mass is 10.2. The van der Waals surface area contributed by atoms with Crippen molar-refractivity contribution in [3.05, 3.63) is 30.0 Å². The van der Waals surface area contributed by atoms with Crippen molar-refractivity contribution < 1.29 is 4.79 Å². The Labute approximate surface area is 74.5 Å². The molecule has 0 rings (SSSR count). The standard InChI is InChI=1S/C11H16O/c1-3-5-6-7-8-9-10-11(12)4-2/h5-7,9H,3-4,10H2,1-2H3/b6-5+. The van der Waals surface area contributed by atoms with Crippen LogP contribution in [0.25, 0.3) is 0 Å². The number of carbonyl (C=O) groups excluding carboxylic acids is 1. The van der Waals surface area contributed by atoms with Crippen LogP contribution in [0.1, 0.15) is 33.1 Å². The second-order valence-electron chi connectivity index (χ2n) is 2.47. The van der Waals surface area contributed by atoms with E-state index in [1.165, 1.54) is 0 Å². The summed E-state index contributed by atoms with van der Waals surface area (Å²) in [4.78, 5) is 10.8. The number of hydrogen-bond donors (Lipinski definition) is 0. The molecule has 66 valence electrons. The molecule has 0 atom stereocenters. The Balaban J connectivity index is 3.67. The first kappa shape index (κ1) is 10.9. The molecule has 0 aromatic carbocycles. The third kappa shape index (κ3) is 7.04. The number of carbonyl (C=O) groups is 1. The molecule has 1 heteroatoms. The van der Waals surface area contributed by atoms with E-state index in [1.807, 2.05) is 25.2 Å². The molecule has 0 heterocycles. The van der Waals surface area contributed by atoms with Crippen molar-refractivity contribution in [1.82, 2.24) is 0 Å². The molecule has 0 aliphatic heterocycles. The fraction of sp³-hybridized carbons (Fsp3) is 0.455. The third-order valence-corrected chi connectivity index (χ3v) is 1.41. The van der Waals surface area contributed by atoms with Crippen molar-refractivity contribution >= 4 is 5.78 Å². The summed E-state index contributed by atoms with van der Waals surface area (Å²) in [6.07, 6.45) is 9.73. The van der Waals surface area contributed by atoms with Crippen LogP contribution < -0.4 is 0 Å². The van der Waals surface area contributed by atoms with Crippen molar-refractivity contribution in [3.8, 4) is 0 Å². The van der Waals surface area contributed by atoms with Gasteiger partial charge < -0.3 is 0 Å². The molecule has 0 N–H and O–H groups in total. The minimum atomic E-state index is 0.260. The Morgan fingerprint density at radius 2 is 2.17 bits per heavy atom. The smallest absolute Gasteiger partial charge is 0.137 e. The van der Waals surface area contributed by atoms with Gasteiger partial charge in [0.2, 0.25) is 0 Å². The molecule has 0 unspecified atom stereocenters. The van der Waals surface area contributed by atoms with E-state index in [9.17, 15) is 4.79 Å². The van der Waals surface area contributed by atoms with E-state index in [4.69, 9.17) is 0 Å². The largest absolute Gasteiger partial charge is 0.299 e. The molecule has 0 aromatic rings. The second kappa shape index (κ2) is 8.03. The van der Waals surface area contributed by atoms with Gasteiger partial charge in [-0.25, -0.2) is 0 Å². The van der Waals surface area contributed by atoms with Gasteiger partial charge in [-0.15, -0.1) is 5.73 Å². The molecule has 1 nitrogen and oxygen atoms in total. The summed E-state index contributed by atoms with van der Waals surface area (Å²) >= 11 is 0. The first-order valence-corrected chi connectivity index (χ1v) is 4.39. The molecule has 0 aliphatic carbocycles. The molecule has 0 saturated carbocycles. The van der Waals surface area contributed by atoms with Gasteiger partial charge in [0.25, 0.3) is 0 Å². The van der Waals surface area contributed by atoms with Gasteiger partial charge in [-0.2, -0.15) is 0 Å². The predicted molar refractivity (Wildman–Crippen MR) is 52.0 cm³/mol. The first-order chi connectivity index (χ1) is 5.81. The van der Waals surface area contributed by atoms with Gasteiger partial charge in [0.1, 0.15) is 5.78 Å². The molecule has 0 radical (unpaired) electrons. The molecular weight excluding hydrogens is 148 g/mol. The lowest BCUT2D eigenvalue weighted by molar-refractivity contribution is -0.117. The highest BCUT2D eigenvalue weighted by Gasteiger charge is 1.90. The summed E-state index contributed by atoms with van der Waals surface area (Å²) < 4.78 is 0. The van der Waals surface area contributed by atoms with Crippen LogP contribution in [0.5, 0.6) is 0 Å².